The van der Waals surface area contributed by atoms with Gasteiger partial charge in [0.05, 0.1) is 5.57 Å². The highest BCUT2D eigenvalue weighted by atomic mass is 79.9. The monoisotopic (exact) mass is 719 g/mol. The Bertz CT molecular complexity index is 1910. The Morgan fingerprint density at radius 3 is 2.60 bits per heavy atom. The first kappa shape index (κ1) is 31.2. The molecule has 0 bridgehead atoms. The molecule has 1 aliphatic rings. The van der Waals surface area contributed by atoms with Crippen LogP contribution in [0.2, 0.25) is 10.0 Å². The number of amides is 1. The van der Waals surface area contributed by atoms with Gasteiger partial charge in [-0.25, -0.2) is 4.68 Å². The lowest BCUT2D eigenvalue weighted by molar-refractivity contribution is -0.113. The minimum Gasteiger partial charge on any atom is -0.489 e. The number of aryl methyl sites for hydroxylation is 1. The van der Waals surface area contributed by atoms with Crippen LogP contribution in [-0.4, -0.2) is 20.7 Å². The van der Waals surface area contributed by atoms with Crippen molar-refractivity contribution in [1.82, 2.24) is 14.8 Å². The summed E-state index contributed by atoms with van der Waals surface area (Å²) in [6, 6.07) is 28.1. The van der Waals surface area contributed by atoms with Crippen LogP contribution in [0.25, 0.3) is 0 Å². The Morgan fingerprint density at radius 1 is 1.02 bits per heavy atom. The van der Waals surface area contributed by atoms with Crippen molar-refractivity contribution < 1.29 is 9.53 Å². The summed E-state index contributed by atoms with van der Waals surface area (Å²) in [5.74, 6) is 1.47. The number of carbonyl (C=O) groups excluding carboxylic acids is 1. The van der Waals surface area contributed by atoms with E-state index in [2.05, 4.69) is 26.6 Å². The second kappa shape index (κ2) is 13.7. The minimum atomic E-state index is -0.647. The normalized spacial score (nSPS) is 14.1. The number of carbonyl (C=O) groups is 1. The second-order valence-corrected chi connectivity index (χ2v) is 13.2. The van der Waals surface area contributed by atoms with Gasteiger partial charge in [-0.15, -0.1) is 5.10 Å². The lowest BCUT2D eigenvalue weighted by atomic mass is 9.94. The van der Waals surface area contributed by atoms with Crippen molar-refractivity contribution in [3.05, 3.63) is 139 Å². The molecule has 0 radical (unpaired) electrons. The molecule has 0 spiro atoms. The molecule has 6 rings (SSSR count). The molecule has 1 aliphatic heterocycles. The number of ether oxygens (including phenoxy) is 1. The van der Waals surface area contributed by atoms with Crippen LogP contribution in [-0.2, 0) is 17.2 Å². The average molecular weight is 722 g/mol. The SMILES string of the molecule is CC1=C(C(=O)Nc2cccc(C)c2)C(c2cc(Br)ccc2OCc2ccc(Cl)cc2)n2nc(SCc3ccccc3Cl)nc2N1. The van der Waals surface area contributed by atoms with Gasteiger partial charge in [0.15, 0.2) is 0 Å². The number of hydrogen-bond acceptors (Lipinski definition) is 6. The van der Waals surface area contributed by atoms with Crippen LogP contribution < -0.4 is 15.4 Å². The Kier molecular flexibility index (Phi) is 9.51. The van der Waals surface area contributed by atoms with E-state index in [0.29, 0.717) is 56.2 Å². The zero-order chi connectivity index (χ0) is 31.5. The predicted octanol–water partition coefficient (Wildman–Crippen LogP) is 9.45. The molecule has 228 valence electrons. The summed E-state index contributed by atoms with van der Waals surface area (Å²) in [4.78, 5) is 18.9. The lowest BCUT2D eigenvalue weighted by Crippen LogP contribution is -2.31. The number of benzene rings is 4. The fraction of sp³-hybridized carbons (Fsp3) is 0.147. The van der Waals surface area contributed by atoms with Crippen LogP contribution in [0.15, 0.2) is 112 Å². The molecule has 1 amide bonds. The van der Waals surface area contributed by atoms with Gasteiger partial charge >= 0.3 is 0 Å². The molecular formula is C34H28BrCl2N5O2S. The number of halogens is 3. The van der Waals surface area contributed by atoms with E-state index < -0.39 is 6.04 Å². The summed E-state index contributed by atoms with van der Waals surface area (Å²) >= 11 is 17.6. The molecule has 1 unspecified atom stereocenters. The van der Waals surface area contributed by atoms with E-state index in [1.165, 1.54) is 11.8 Å². The number of rotatable bonds is 9. The van der Waals surface area contributed by atoms with Gasteiger partial charge in [-0.3, -0.25) is 4.79 Å². The molecule has 45 heavy (non-hydrogen) atoms. The average Bonchev–Trinajstić information content (AvgIpc) is 3.42. The van der Waals surface area contributed by atoms with Gasteiger partial charge in [-0.05, 0) is 79.1 Å². The summed E-state index contributed by atoms with van der Waals surface area (Å²) in [6.07, 6.45) is 0. The van der Waals surface area contributed by atoms with Gasteiger partial charge in [-0.1, -0.05) is 93.4 Å². The molecule has 4 aromatic carbocycles. The Morgan fingerprint density at radius 2 is 1.82 bits per heavy atom. The molecule has 0 saturated carbocycles. The highest BCUT2D eigenvalue weighted by Gasteiger charge is 2.36. The van der Waals surface area contributed by atoms with Crippen LogP contribution >= 0.6 is 50.9 Å². The van der Waals surface area contributed by atoms with E-state index >= 15 is 0 Å². The molecule has 0 fully saturated rings. The topological polar surface area (TPSA) is 81.1 Å². The lowest BCUT2D eigenvalue weighted by Gasteiger charge is -2.30. The maximum Gasteiger partial charge on any atom is 0.255 e. The molecule has 7 nitrogen and oxygen atoms in total. The van der Waals surface area contributed by atoms with Crippen molar-refractivity contribution in [3.63, 3.8) is 0 Å². The maximum atomic E-state index is 14.1. The highest BCUT2D eigenvalue weighted by Crippen LogP contribution is 2.42. The van der Waals surface area contributed by atoms with E-state index in [4.69, 9.17) is 38.0 Å². The first-order chi connectivity index (χ1) is 21.7. The van der Waals surface area contributed by atoms with Gasteiger partial charge < -0.3 is 15.4 Å². The van der Waals surface area contributed by atoms with Gasteiger partial charge in [0, 0.05) is 37.2 Å². The zero-order valence-corrected chi connectivity index (χ0v) is 28.3. The van der Waals surface area contributed by atoms with Crippen molar-refractivity contribution in [2.75, 3.05) is 10.6 Å². The van der Waals surface area contributed by atoms with Crippen LogP contribution in [0.5, 0.6) is 5.75 Å². The summed E-state index contributed by atoms with van der Waals surface area (Å²) in [5.41, 5.74) is 5.60. The fourth-order valence-corrected chi connectivity index (χ4v) is 6.68. The third-order valence-corrected chi connectivity index (χ3v) is 9.24. The van der Waals surface area contributed by atoms with Crippen LogP contribution in [0.3, 0.4) is 0 Å². The molecule has 11 heteroatoms. The molecule has 0 aliphatic carbocycles. The maximum absolute atomic E-state index is 14.1. The standard InChI is InChI=1S/C34H28BrCl2N5O2S/c1-20-6-5-8-26(16-20)39-32(43)30-21(2)38-33-40-34(45-19-23-7-3-4-9-28(23)37)41-42(33)31(30)27-17-24(35)12-15-29(27)44-18-22-10-13-25(36)14-11-22/h3-17,31H,18-19H2,1-2H3,(H,39,43)(H,38,40,41). The number of anilines is 2. The van der Waals surface area contributed by atoms with Crippen LogP contribution in [0.1, 0.15) is 35.2 Å². The fourth-order valence-electron chi connectivity index (χ4n) is 5.06. The van der Waals surface area contributed by atoms with Gasteiger partial charge in [0.2, 0.25) is 11.1 Å². The van der Waals surface area contributed by atoms with Crippen molar-refractivity contribution in [1.29, 1.82) is 0 Å². The molecule has 5 aromatic rings. The van der Waals surface area contributed by atoms with Crippen molar-refractivity contribution in [3.8, 4) is 5.75 Å². The van der Waals surface area contributed by atoms with E-state index in [-0.39, 0.29) is 5.91 Å². The van der Waals surface area contributed by atoms with Crippen molar-refractivity contribution in [2.24, 2.45) is 0 Å². The number of fused-ring (bicyclic) bond motifs is 1. The number of thioether (sulfide) groups is 1. The smallest absolute Gasteiger partial charge is 0.255 e. The summed E-state index contributed by atoms with van der Waals surface area (Å²) in [5, 5.41) is 13.2. The summed E-state index contributed by atoms with van der Waals surface area (Å²) in [6.45, 7) is 4.17. The molecule has 1 aromatic heterocycles. The van der Waals surface area contributed by atoms with Crippen LogP contribution in [0.4, 0.5) is 11.6 Å². The zero-order valence-electron chi connectivity index (χ0n) is 24.4. The summed E-state index contributed by atoms with van der Waals surface area (Å²) in [7, 11) is 0. The first-order valence-electron chi connectivity index (χ1n) is 14.1. The molecule has 2 N–H and O–H groups in total. The molecule has 2 heterocycles. The van der Waals surface area contributed by atoms with Gasteiger partial charge in [-0.2, -0.15) is 4.98 Å². The quantitative estimate of drug-likeness (QED) is 0.148. The van der Waals surface area contributed by atoms with Gasteiger partial charge in [0.25, 0.3) is 5.91 Å². The third-order valence-electron chi connectivity index (χ3n) is 7.24. The molecule has 1 atom stereocenters. The summed E-state index contributed by atoms with van der Waals surface area (Å²) < 4.78 is 8.98. The Hall–Kier alpha value is -3.76. The molecule has 0 saturated heterocycles. The van der Waals surface area contributed by atoms with E-state index in [1.807, 2.05) is 105 Å². The predicted molar refractivity (Wildman–Crippen MR) is 185 cm³/mol. The highest BCUT2D eigenvalue weighted by molar-refractivity contribution is 9.10. The van der Waals surface area contributed by atoms with E-state index in [9.17, 15) is 4.79 Å². The second-order valence-electron chi connectivity index (χ2n) is 10.5. The first-order valence-corrected chi connectivity index (χ1v) is 16.6. The number of aromatic nitrogens is 3. The number of hydrogen-bond donors (Lipinski definition) is 2. The van der Waals surface area contributed by atoms with Crippen molar-refractivity contribution >= 4 is 68.4 Å². The van der Waals surface area contributed by atoms with Crippen LogP contribution in [0, 0.1) is 6.92 Å². The Balaban J connectivity index is 1.39. The van der Waals surface area contributed by atoms with Crippen molar-refractivity contribution in [2.45, 2.75) is 37.4 Å². The number of nitrogens with zero attached hydrogens (tertiary/aromatic N) is 3. The Labute approximate surface area is 284 Å². The number of allylic oxidation sites excluding steroid dienone is 1. The number of nitrogens with one attached hydrogen (secondary N) is 2. The largest absolute Gasteiger partial charge is 0.489 e. The van der Waals surface area contributed by atoms with E-state index in [0.717, 1.165) is 26.7 Å². The van der Waals surface area contributed by atoms with Gasteiger partial charge in [0.1, 0.15) is 18.4 Å². The molecular weight excluding hydrogens is 693 g/mol. The van der Waals surface area contributed by atoms with E-state index in [1.54, 1.807) is 4.68 Å². The minimum absolute atomic E-state index is 0.259. The third kappa shape index (κ3) is 7.23.